The molecule has 198 valence electrons. The Morgan fingerprint density at radius 2 is 1.59 bits per heavy atom. The zero-order chi connectivity index (χ0) is 26.5. The molecule has 0 fully saturated rings. The number of hydrogen-bond donors (Lipinski definition) is 3. The van der Waals surface area contributed by atoms with Crippen LogP contribution in [0, 0.1) is 0 Å². The number of urea groups is 1. The third kappa shape index (κ3) is 9.89. The standard InChI is InChI=1S/C27H33N3O5S2/c1-2-3-11-21(28-26(33)29-24(16-25(31)32)20-9-5-4-6-10-20)19-35-27(34)30(17-22-12-7-14-36-22)18-23-13-8-15-37-23/h4-10,12-15,21,24H,2-3,11,16-19H2,1H3,(H,31,32)(H2,28,29,33)/t21-,24-/m0/s1. The van der Waals surface area contributed by atoms with E-state index in [0.717, 1.165) is 22.6 Å². The number of unbranched alkanes of at least 4 members (excludes halogenated alkanes) is 1. The molecule has 10 heteroatoms. The van der Waals surface area contributed by atoms with E-state index in [0.29, 0.717) is 25.1 Å². The number of thiophene rings is 2. The first kappa shape index (κ1) is 28.2. The van der Waals surface area contributed by atoms with Crippen molar-refractivity contribution in [3.63, 3.8) is 0 Å². The third-order valence-electron chi connectivity index (χ3n) is 5.65. The van der Waals surface area contributed by atoms with Gasteiger partial charge < -0.3 is 20.5 Å². The lowest BCUT2D eigenvalue weighted by molar-refractivity contribution is -0.137. The average molecular weight is 544 g/mol. The van der Waals surface area contributed by atoms with E-state index in [2.05, 4.69) is 10.6 Å². The Bertz CT molecular complexity index is 1050. The van der Waals surface area contributed by atoms with Crippen LogP contribution in [0.4, 0.5) is 9.59 Å². The van der Waals surface area contributed by atoms with Gasteiger partial charge in [0.15, 0.2) is 0 Å². The van der Waals surface area contributed by atoms with Crippen molar-refractivity contribution in [3.8, 4) is 0 Å². The van der Waals surface area contributed by atoms with Crippen molar-refractivity contribution in [3.05, 3.63) is 80.7 Å². The molecule has 0 saturated heterocycles. The molecule has 0 aliphatic heterocycles. The Labute approximate surface area is 225 Å². The minimum atomic E-state index is -1.01. The van der Waals surface area contributed by atoms with Crippen LogP contribution in [0.5, 0.6) is 0 Å². The third-order valence-corrected chi connectivity index (χ3v) is 7.37. The van der Waals surface area contributed by atoms with Crippen LogP contribution in [-0.4, -0.2) is 40.7 Å². The van der Waals surface area contributed by atoms with Gasteiger partial charge in [-0.3, -0.25) is 9.69 Å². The molecule has 2 aromatic heterocycles. The fourth-order valence-corrected chi connectivity index (χ4v) is 5.21. The second-order valence-corrected chi connectivity index (χ2v) is 10.7. The minimum Gasteiger partial charge on any atom is -0.481 e. The van der Waals surface area contributed by atoms with Gasteiger partial charge in [0, 0.05) is 9.75 Å². The zero-order valence-corrected chi connectivity index (χ0v) is 22.4. The summed E-state index contributed by atoms with van der Waals surface area (Å²) in [6.45, 7) is 2.95. The number of nitrogens with zero attached hydrogens (tertiary/aromatic N) is 1. The van der Waals surface area contributed by atoms with Gasteiger partial charge in [0.1, 0.15) is 6.61 Å². The second kappa shape index (κ2) is 15.0. The molecular weight excluding hydrogens is 510 g/mol. The van der Waals surface area contributed by atoms with E-state index in [-0.39, 0.29) is 13.0 Å². The Balaban J connectivity index is 1.61. The first-order chi connectivity index (χ1) is 17.9. The summed E-state index contributed by atoms with van der Waals surface area (Å²) >= 11 is 3.16. The van der Waals surface area contributed by atoms with Crippen LogP contribution in [0.15, 0.2) is 65.4 Å². The first-order valence-electron chi connectivity index (χ1n) is 12.2. The number of ether oxygens (including phenoxy) is 1. The fourth-order valence-electron chi connectivity index (χ4n) is 3.77. The maximum absolute atomic E-state index is 13.1. The van der Waals surface area contributed by atoms with Gasteiger partial charge >= 0.3 is 18.1 Å². The van der Waals surface area contributed by atoms with Crippen molar-refractivity contribution in [2.24, 2.45) is 0 Å². The molecule has 3 aromatic rings. The molecule has 3 rings (SSSR count). The normalized spacial score (nSPS) is 12.4. The summed E-state index contributed by atoms with van der Waals surface area (Å²) in [5.41, 5.74) is 0.703. The Morgan fingerprint density at radius 3 is 2.14 bits per heavy atom. The van der Waals surface area contributed by atoms with Crippen molar-refractivity contribution in [1.82, 2.24) is 15.5 Å². The van der Waals surface area contributed by atoms with E-state index >= 15 is 0 Å². The van der Waals surface area contributed by atoms with Crippen LogP contribution in [0.25, 0.3) is 0 Å². The second-order valence-electron chi connectivity index (χ2n) is 8.61. The lowest BCUT2D eigenvalue weighted by Crippen LogP contribution is -2.46. The smallest absolute Gasteiger partial charge is 0.410 e. The molecule has 0 bridgehead atoms. The topological polar surface area (TPSA) is 108 Å². The summed E-state index contributed by atoms with van der Waals surface area (Å²) < 4.78 is 5.68. The predicted octanol–water partition coefficient (Wildman–Crippen LogP) is 6.02. The fraction of sp³-hybridized carbons (Fsp3) is 0.370. The number of amides is 3. The van der Waals surface area contributed by atoms with Crippen LogP contribution in [-0.2, 0) is 22.6 Å². The molecule has 3 amide bonds. The van der Waals surface area contributed by atoms with Crippen LogP contribution >= 0.6 is 22.7 Å². The molecule has 0 spiro atoms. The number of benzene rings is 1. The number of aliphatic carboxylic acids is 1. The van der Waals surface area contributed by atoms with Gasteiger partial charge in [0.25, 0.3) is 0 Å². The summed E-state index contributed by atoms with van der Waals surface area (Å²) in [5, 5.41) is 18.9. The van der Waals surface area contributed by atoms with Crippen molar-refractivity contribution in [1.29, 1.82) is 0 Å². The summed E-state index contributed by atoms with van der Waals surface area (Å²) in [6.07, 6.45) is 1.70. The molecule has 0 aliphatic carbocycles. The average Bonchev–Trinajstić information content (AvgIpc) is 3.59. The molecule has 1 aromatic carbocycles. The highest BCUT2D eigenvalue weighted by Crippen LogP contribution is 2.19. The Hall–Kier alpha value is -3.37. The lowest BCUT2D eigenvalue weighted by atomic mass is 10.0. The number of carboxylic acid groups (broad SMARTS) is 1. The number of carboxylic acids is 1. The summed E-state index contributed by atoms with van der Waals surface area (Å²) in [6, 6.07) is 15.3. The van der Waals surface area contributed by atoms with Crippen LogP contribution in [0.1, 0.15) is 54.0 Å². The molecule has 0 saturated carbocycles. The highest BCUT2D eigenvalue weighted by Gasteiger charge is 2.22. The SMILES string of the molecule is CCCC[C@@H](COC(=O)N(Cc1cccs1)Cc1cccs1)NC(=O)N[C@@H](CC(=O)O)c1ccccc1. The maximum atomic E-state index is 13.1. The molecule has 2 heterocycles. The quantitative estimate of drug-likeness (QED) is 0.230. The molecule has 0 radical (unpaired) electrons. The Kier molecular flexibility index (Phi) is 11.4. The van der Waals surface area contributed by atoms with Gasteiger partial charge in [-0.05, 0) is 34.9 Å². The van der Waals surface area contributed by atoms with Crippen molar-refractivity contribution in [2.75, 3.05) is 6.61 Å². The van der Waals surface area contributed by atoms with Crippen molar-refractivity contribution >= 4 is 40.8 Å². The monoisotopic (exact) mass is 543 g/mol. The summed E-state index contributed by atoms with van der Waals surface area (Å²) in [7, 11) is 0. The van der Waals surface area contributed by atoms with Crippen LogP contribution in [0.2, 0.25) is 0 Å². The van der Waals surface area contributed by atoms with Gasteiger partial charge in [0.05, 0.1) is 31.6 Å². The van der Waals surface area contributed by atoms with Gasteiger partial charge in [-0.1, -0.05) is 62.2 Å². The summed E-state index contributed by atoms with van der Waals surface area (Å²) in [4.78, 5) is 41.0. The van der Waals surface area contributed by atoms with E-state index in [1.807, 2.05) is 48.0 Å². The summed E-state index contributed by atoms with van der Waals surface area (Å²) in [5.74, 6) is -1.01. The van der Waals surface area contributed by atoms with E-state index in [1.165, 1.54) is 0 Å². The van der Waals surface area contributed by atoms with E-state index in [4.69, 9.17) is 4.74 Å². The first-order valence-corrected chi connectivity index (χ1v) is 14.0. The number of rotatable bonds is 14. The number of nitrogens with one attached hydrogen (secondary N) is 2. The molecule has 2 atom stereocenters. The number of hydrogen-bond acceptors (Lipinski definition) is 6. The maximum Gasteiger partial charge on any atom is 0.410 e. The Morgan fingerprint density at radius 1 is 0.946 bits per heavy atom. The van der Waals surface area contributed by atoms with E-state index in [1.54, 1.807) is 51.8 Å². The minimum absolute atomic E-state index is 0.0204. The largest absolute Gasteiger partial charge is 0.481 e. The van der Waals surface area contributed by atoms with Gasteiger partial charge in [-0.2, -0.15) is 0 Å². The van der Waals surface area contributed by atoms with E-state index < -0.39 is 30.2 Å². The van der Waals surface area contributed by atoms with Gasteiger partial charge in [-0.15, -0.1) is 22.7 Å². The van der Waals surface area contributed by atoms with E-state index in [9.17, 15) is 19.5 Å². The van der Waals surface area contributed by atoms with Crippen molar-refractivity contribution < 1.29 is 24.2 Å². The molecule has 0 unspecified atom stereocenters. The number of carbonyl (C=O) groups is 3. The van der Waals surface area contributed by atoms with Crippen LogP contribution in [0.3, 0.4) is 0 Å². The highest BCUT2D eigenvalue weighted by molar-refractivity contribution is 7.10. The van der Waals surface area contributed by atoms with Gasteiger partial charge in [0.2, 0.25) is 0 Å². The van der Waals surface area contributed by atoms with Crippen molar-refractivity contribution in [2.45, 2.75) is 57.8 Å². The highest BCUT2D eigenvalue weighted by atomic mass is 32.1. The zero-order valence-electron chi connectivity index (χ0n) is 20.8. The number of carbonyl (C=O) groups excluding carboxylic acids is 2. The molecule has 3 N–H and O–H groups in total. The molecule has 0 aliphatic rings. The van der Waals surface area contributed by atoms with Crippen LogP contribution < -0.4 is 10.6 Å². The molecular formula is C27H33N3O5S2. The van der Waals surface area contributed by atoms with Gasteiger partial charge in [-0.25, -0.2) is 9.59 Å². The molecule has 8 nitrogen and oxygen atoms in total. The predicted molar refractivity (Wildman–Crippen MR) is 146 cm³/mol. The lowest BCUT2D eigenvalue weighted by Gasteiger charge is -2.25. The molecule has 37 heavy (non-hydrogen) atoms.